The summed E-state index contributed by atoms with van der Waals surface area (Å²) in [6, 6.07) is 4.66. The van der Waals surface area contributed by atoms with Crippen LogP contribution >= 0.6 is 11.6 Å². The van der Waals surface area contributed by atoms with Crippen molar-refractivity contribution in [1.82, 2.24) is 0 Å². The van der Waals surface area contributed by atoms with Gasteiger partial charge >= 0.3 is 5.97 Å². The Hall–Kier alpha value is -1.26. The minimum atomic E-state index is -0.968. The predicted molar refractivity (Wildman–Crippen MR) is 57.2 cm³/mol. The van der Waals surface area contributed by atoms with Gasteiger partial charge in [0.2, 0.25) is 0 Å². The maximum absolute atomic E-state index is 10.6. The number of hydrogen-bond acceptors (Lipinski definition) is 3. The normalized spacial score (nSPS) is 12.4. The van der Waals surface area contributed by atoms with E-state index >= 15 is 0 Å². The highest BCUT2D eigenvalue weighted by molar-refractivity contribution is 6.31. The van der Waals surface area contributed by atoms with Crippen LogP contribution in [0.5, 0.6) is 5.75 Å². The van der Waals surface area contributed by atoms with Crippen LogP contribution in [0, 0.1) is 0 Å². The minimum absolute atomic E-state index is 0.0146. The summed E-state index contributed by atoms with van der Waals surface area (Å²) in [7, 11) is 0. The highest BCUT2D eigenvalue weighted by Crippen LogP contribution is 2.33. The summed E-state index contributed by atoms with van der Waals surface area (Å²) >= 11 is 5.88. The van der Waals surface area contributed by atoms with Crippen LogP contribution < -0.4 is 5.73 Å². The molecule has 0 heterocycles. The molecule has 0 spiro atoms. The van der Waals surface area contributed by atoms with E-state index in [9.17, 15) is 9.90 Å². The van der Waals surface area contributed by atoms with Crippen LogP contribution in [0.1, 0.15) is 17.9 Å². The zero-order valence-electron chi connectivity index (χ0n) is 7.98. The first-order chi connectivity index (χ1) is 7.06. The Morgan fingerprint density at radius 2 is 2.20 bits per heavy atom. The van der Waals surface area contributed by atoms with Gasteiger partial charge in [0.25, 0.3) is 0 Å². The van der Waals surface area contributed by atoms with Crippen LogP contribution in [-0.4, -0.2) is 22.7 Å². The summed E-state index contributed by atoms with van der Waals surface area (Å²) in [5.41, 5.74) is 5.86. The fourth-order valence-corrected chi connectivity index (χ4v) is 1.77. The third kappa shape index (κ3) is 2.84. The first kappa shape index (κ1) is 11.8. The molecule has 0 saturated heterocycles. The summed E-state index contributed by atoms with van der Waals surface area (Å²) in [6.07, 6.45) is -0.145. The number of carboxylic acid groups (broad SMARTS) is 1. The molecule has 15 heavy (non-hydrogen) atoms. The van der Waals surface area contributed by atoms with E-state index in [1.165, 1.54) is 6.07 Å². The molecule has 0 aromatic heterocycles. The zero-order chi connectivity index (χ0) is 11.4. The second-order valence-corrected chi connectivity index (χ2v) is 3.61. The monoisotopic (exact) mass is 229 g/mol. The number of phenols is 1. The van der Waals surface area contributed by atoms with Crippen molar-refractivity contribution in [2.24, 2.45) is 5.73 Å². The number of phenolic OH excluding ortho intramolecular Hbond substituents is 1. The van der Waals surface area contributed by atoms with Gasteiger partial charge in [0.15, 0.2) is 0 Å². The molecule has 1 aromatic carbocycles. The lowest BCUT2D eigenvalue weighted by Crippen LogP contribution is -2.16. The molecule has 4 nitrogen and oxygen atoms in total. The number of nitrogens with two attached hydrogens (primary N) is 1. The fourth-order valence-electron chi connectivity index (χ4n) is 1.44. The summed E-state index contributed by atoms with van der Waals surface area (Å²) in [4.78, 5) is 10.6. The zero-order valence-corrected chi connectivity index (χ0v) is 8.74. The predicted octanol–water partition coefficient (Wildman–Crippen LogP) is 1.56. The van der Waals surface area contributed by atoms with E-state index in [2.05, 4.69) is 0 Å². The lowest BCUT2D eigenvalue weighted by molar-refractivity contribution is -0.137. The maximum atomic E-state index is 10.6. The minimum Gasteiger partial charge on any atom is -0.508 e. The molecule has 1 aromatic rings. The van der Waals surface area contributed by atoms with Crippen LogP contribution in [0.2, 0.25) is 5.02 Å². The molecule has 0 bridgehead atoms. The van der Waals surface area contributed by atoms with Gasteiger partial charge in [-0.25, -0.2) is 0 Å². The topological polar surface area (TPSA) is 83.6 Å². The van der Waals surface area contributed by atoms with E-state index in [1.807, 2.05) is 0 Å². The lowest BCUT2D eigenvalue weighted by Gasteiger charge is -2.15. The second kappa shape index (κ2) is 5.00. The van der Waals surface area contributed by atoms with E-state index in [4.69, 9.17) is 22.4 Å². The van der Waals surface area contributed by atoms with Gasteiger partial charge in [0.1, 0.15) is 5.75 Å². The molecule has 1 atom stereocenters. The van der Waals surface area contributed by atoms with Crippen molar-refractivity contribution in [3.63, 3.8) is 0 Å². The number of benzene rings is 1. The molecular weight excluding hydrogens is 218 g/mol. The molecule has 0 amide bonds. The van der Waals surface area contributed by atoms with Crippen LogP contribution in [0.15, 0.2) is 18.2 Å². The van der Waals surface area contributed by atoms with Gasteiger partial charge < -0.3 is 15.9 Å². The smallest absolute Gasteiger partial charge is 0.304 e. The number of rotatable bonds is 4. The van der Waals surface area contributed by atoms with Crippen molar-refractivity contribution in [2.75, 3.05) is 6.54 Å². The number of aliphatic carboxylic acids is 1. The molecule has 82 valence electrons. The highest BCUT2D eigenvalue weighted by atomic mass is 35.5. The van der Waals surface area contributed by atoms with Crippen molar-refractivity contribution in [3.05, 3.63) is 28.8 Å². The summed E-state index contributed by atoms with van der Waals surface area (Å²) < 4.78 is 0. The van der Waals surface area contributed by atoms with E-state index in [0.717, 1.165) is 0 Å². The Morgan fingerprint density at radius 3 is 2.67 bits per heavy atom. The molecule has 1 rings (SSSR count). The Bertz CT molecular complexity index is 347. The number of halogens is 1. The molecule has 4 N–H and O–H groups in total. The largest absolute Gasteiger partial charge is 0.508 e. The molecule has 0 radical (unpaired) electrons. The second-order valence-electron chi connectivity index (χ2n) is 3.20. The number of hydrogen-bond donors (Lipinski definition) is 3. The molecular formula is C10H12ClNO3. The molecule has 0 aliphatic carbocycles. The molecule has 1 unspecified atom stereocenters. The van der Waals surface area contributed by atoms with E-state index < -0.39 is 11.9 Å². The molecule has 0 fully saturated rings. The Labute approximate surface area is 92.3 Å². The summed E-state index contributed by atoms with van der Waals surface area (Å²) in [5.74, 6) is -1.44. The van der Waals surface area contributed by atoms with Crippen molar-refractivity contribution < 1.29 is 15.0 Å². The third-order valence-electron chi connectivity index (χ3n) is 2.14. The lowest BCUT2D eigenvalue weighted by atomic mass is 9.95. The first-order valence-electron chi connectivity index (χ1n) is 4.45. The van der Waals surface area contributed by atoms with Crippen LogP contribution in [0.4, 0.5) is 0 Å². The number of aromatic hydroxyl groups is 1. The molecule has 0 saturated carbocycles. The van der Waals surface area contributed by atoms with Gasteiger partial charge in [-0.05, 0) is 18.7 Å². The van der Waals surface area contributed by atoms with Crippen molar-refractivity contribution in [1.29, 1.82) is 0 Å². The van der Waals surface area contributed by atoms with Gasteiger partial charge in [-0.2, -0.15) is 0 Å². The summed E-state index contributed by atoms with van der Waals surface area (Å²) in [5, 5.41) is 18.6. The quantitative estimate of drug-likeness (QED) is 0.732. The van der Waals surface area contributed by atoms with Gasteiger partial charge in [-0.1, -0.05) is 17.7 Å². The Morgan fingerprint density at radius 1 is 1.53 bits per heavy atom. The Balaban J connectivity index is 3.05. The van der Waals surface area contributed by atoms with Gasteiger partial charge in [-0.3, -0.25) is 4.79 Å². The average Bonchev–Trinajstić information content (AvgIpc) is 2.15. The highest BCUT2D eigenvalue weighted by Gasteiger charge is 2.19. The molecule has 0 aliphatic heterocycles. The standard InChI is InChI=1S/C10H12ClNO3/c11-7-2-1-3-8(13)10(7)6(5-12)4-9(14)15/h1-3,6,13H,4-5,12H2,(H,14,15). The van der Waals surface area contributed by atoms with E-state index in [1.54, 1.807) is 12.1 Å². The SMILES string of the molecule is NCC(CC(=O)O)c1c(O)cccc1Cl. The number of carbonyl (C=O) groups is 1. The van der Waals surface area contributed by atoms with Crippen LogP contribution in [-0.2, 0) is 4.79 Å². The van der Waals surface area contributed by atoms with E-state index in [-0.39, 0.29) is 18.7 Å². The maximum Gasteiger partial charge on any atom is 0.304 e. The fraction of sp³-hybridized carbons (Fsp3) is 0.300. The number of carboxylic acids is 1. The van der Waals surface area contributed by atoms with Crippen LogP contribution in [0.25, 0.3) is 0 Å². The summed E-state index contributed by atoms with van der Waals surface area (Å²) in [6.45, 7) is 0.129. The first-order valence-corrected chi connectivity index (χ1v) is 4.83. The van der Waals surface area contributed by atoms with E-state index in [0.29, 0.717) is 10.6 Å². The van der Waals surface area contributed by atoms with Crippen molar-refractivity contribution in [2.45, 2.75) is 12.3 Å². The Kier molecular flexibility index (Phi) is 3.94. The van der Waals surface area contributed by atoms with Crippen LogP contribution in [0.3, 0.4) is 0 Å². The van der Waals surface area contributed by atoms with Crippen molar-refractivity contribution in [3.8, 4) is 5.75 Å². The third-order valence-corrected chi connectivity index (χ3v) is 2.47. The average molecular weight is 230 g/mol. The van der Waals surface area contributed by atoms with Gasteiger partial charge in [-0.15, -0.1) is 0 Å². The van der Waals surface area contributed by atoms with Gasteiger partial charge in [0.05, 0.1) is 6.42 Å². The molecule has 0 aliphatic rings. The van der Waals surface area contributed by atoms with Crippen molar-refractivity contribution >= 4 is 17.6 Å². The molecule has 5 heteroatoms. The van der Waals surface area contributed by atoms with Gasteiger partial charge in [0, 0.05) is 16.5 Å².